The zero-order chi connectivity index (χ0) is 23.0. The van der Waals surface area contributed by atoms with Crippen molar-refractivity contribution in [3.05, 3.63) is 77.9 Å². The van der Waals surface area contributed by atoms with Crippen LogP contribution in [0.5, 0.6) is 5.75 Å². The number of ether oxygens (including phenoxy) is 1. The van der Waals surface area contributed by atoms with E-state index in [2.05, 4.69) is 10.3 Å². The number of aromatic nitrogens is 3. The number of nitrogen functional groups attached to an aromatic ring is 1. The van der Waals surface area contributed by atoms with E-state index in [-0.39, 0.29) is 12.6 Å². The maximum Gasteiger partial charge on any atom is 0.416 e. The SMILES string of the molecule is Nc1nccn2c(C3CCCN3)nc(-c3ccc(OCc4ccc(C(F)(F)F)cc4)cc3)c12. The van der Waals surface area contributed by atoms with Crippen LogP contribution in [0.2, 0.25) is 0 Å². The number of nitrogens with one attached hydrogen (secondary N) is 1. The highest BCUT2D eigenvalue weighted by atomic mass is 19.4. The second-order valence-corrected chi connectivity index (χ2v) is 8.01. The van der Waals surface area contributed by atoms with E-state index in [9.17, 15) is 13.2 Å². The first-order valence-electron chi connectivity index (χ1n) is 10.7. The normalized spacial score (nSPS) is 16.4. The van der Waals surface area contributed by atoms with Gasteiger partial charge in [-0.1, -0.05) is 12.1 Å². The van der Waals surface area contributed by atoms with Crippen LogP contribution in [0, 0.1) is 0 Å². The Morgan fingerprint density at radius 1 is 1.09 bits per heavy atom. The Morgan fingerprint density at radius 3 is 2.52 bits per heavy atom. The van der Waals surface area contributed by atoms with Crippen molar-refractivity contribution in [3.8, 4) is 17.0 Å². The van der Waals surface area contributed by atoms with Crippen molar-refractivity contribution >= 4 is 11.3 Å². The zero-order valence-electron chi connectivity index (χ0n) is 17.6. The predicted molar refractivity (Wildman–Crippen MR) is 119 cm³/mol. The van der Waals surface area contributed by atoms with Gasteiger partial charge in [-0.15, -0.1) is 0 Å². The monoisotopic (exact) mass is 453 g/mol. The lowest BCUT2D eigenvalue weighted by Gasteiger charge is -2.09. The first kappa shape index (κ1) is 21.3. The highest BCUT2D eigenvalue weighted by Crippen LogP contribution is 2.33. The van der Waals surface area contributed by atoms with Crippen LogP contribution in [0.1, 0.15) is 35.8 Å². The number of benzene rings is 2. The highest BCUT2D eigenvalue weighted by Gasteiger charge is 2.30. The number of fused-ring (bicyclic) bond motifs is 1. The van der Waals surface area contributed by atoms with Gasteiger partial charge in [0.2, 0.25) is 0 Å². The molecular weight excluding hydrogens is 431 g/mol. The molecule has 1 saturated heterocycles. The van der Waals surface area contributed by atoms with Crippen molar-refractivity contribution in [2.24, 2.45) is 0 Å². The summed E-state index contributed by atoms with van der Waals surface area (Å²) in [6.07, 6.45) is 1.31. The molecule has 1 aliphatic rings. The van der Waals surface area contributed by atoms with Gasteiger partial charge in [-0.25, -0.2) is 9.97 Å². The van der Waals surface area contributed by atoms with E-state index >= 15 is 0 Å². The summed E-state index contributed by atoms with van der Waals surface area (Å²) in [7, 11) is 0. The van der Waals surface area contributed by atoms with Crippen LogP contribution in [-0.2, 0) is 12.8 Å². The van der Waals surface area contributed by atoms with Gasteiger partial charge in [0.15, 0.2) is 0 Å². The van der Waals surface area contributed by atoms with E-state index in [0.717, 1.165) is 54.1 Å². The number of rotatable bonds is 5. The average molecular weight is 453 g/mol. The van der Waals surface area contributed by atoms with E-state index in [4.69, 9.17) is 15.5 Å². The van der Waals surface area contributed by atoms with E-state index in [1.807, 2.05) is 34.9 Å². The van der Waals surface area contributed by atoms with Gasteiger partial charge in [-0.05, 0) is 61.3 Å². The molecule has 33 heavy (non-hydrogen) atoms. The maximum absolute atomic E-state index is 12.7. The minimum absolute atomic E-state index is 0.166. The fourth-order valence-corrected chi connectivity index (χ4v) is 4.10. The Bertz CT molecular complexity index is 1260. The first-order valence-corrected chi connectivity index (χ1v) is 10.7. The van der Waals surface area contributed by atoms with Crippen LogP contribution in [-0.4, -0.2) is 20.9 Å². The standard InChI is InChI=1S/C24H22F3N5O/c25-24(26,27)17-7-3-15(4-8-17)14-33-18-9-5-16(6-10-18)20-21-22(28)30-12-13-32(21)23(31-20)19-2-1-11-29-19/h3-10,12-13,19,29H,1-2,11,14H2,(H2,28,30). The van der Waals surface area contributed by atoms with Crippen molar-refractivity contribution in [2.75, 3.05) is 12.3 Å². The lowest BCUT2D eigenvalue weighted by Crippen LogP contribution is -2.15. The molecule has 0 saturated carbocycles. The Kier molecular flexibility index (Phi) is 5.41. The summed E-state index contributed by atoms with van der Waals surface area (Å²) in [5.74, 6) is 1.92. The van der Waals surface area contributed by atoms with E-state index < -0.39 is 11.7 Å². The molecule has 170 valence electrons. The van der Waals surface area contributed by atoms with Gasteiger partial charge in [0, 0.05) is 18.0 Å². The second-order valence-electron chi connectivity index (χ2n) is 8.01. The van der Waals surface area contributed by atoms with Crippen molar-refractivity contribution < 1.29 is 17.9 Å². The summed E-state index contributed by atoms with van der Waals surface area (Å²) in [6.45, 7) is 1.12. The molecule has 0 aliphatic carbocycles. The molecular formula is C24H22F3N5O. The number of anilines is 1. The number of alkyl halides is 3. The van der Waals surface area contributed by atoms with Crippen LogP contribution in [0.3, 0.4) is 0 Å². The quantitative estimate of drug-likeness (QED) is 0.445. The van der Waals surface area contributed by atoms with Gasteiger partial charge in [-0.2, -0.15) is 13.2 Å². The molecule has 2 aromatic heterocycles. The van der Waals surface area contributed by atoms with Gasteiger partial charge < -0.3 is 15.8 Å². The second kappa shape index (κ2) is 8.40. The minimum atomic E-state index is -4.35. The number of nitrogens with two attached hydrogens (primary N) is 1. The van der Waals surface area contributed by atoms with Crippen LogP contribution >= 0.6 is 0 Å². The largest absolute Gasteiger partial charge is 0.489 e. The van der Waals surface area contributed by atoms with Gasteiger partial charge in [0.05, 0.1) is 11.6 Å². The number of hydrogen-bond acceptors (Lipinski definition) is 5. The molecule has 5 rings (SSSR count). The first-order chi connectivity index (χ1) is 15.9. The molecule has 0 spiro atoms. The average Bonchev–Trinajstić information content (AvgIpc) is 3.46. The fraction of sp³-hybridized carbons (Fsp3) is 0.250. The number of hydrogen-bond donors (Lipinski definition) is 2. The van der Waals surface area contributed by atoms with Crippen molar-refractivity contribution in [1.29, 1.82) is 0 Å². The van der Waals surface area contributed by atoms with Crippen LogP contribution in [0.25, 0.3) is 16.8 Å². The van der Waals surface area contributed by atoms with Gasteiger partial charge >= 0.3 is 6.18 Å². The Balaban J connectivity index is 1.36. The molecule has 1 atom stereocenters. The van der Waals surface area contributed by atoms with Crippen LogP contribution in [0.15, 0.2) is 60.9 Å². The van der Waals surface area contributed by atoms with E-state index in [1.54, 1.807) is 6.20 Å². The summed E-state index contributed by atoms with van der Waals surface area (Å²) in [5, 5.41) is 3.48. The zero-order valence-corrected chi connectivity index (χ0v) is 17.6. The molecule has 1 aliphatic heterocycles. The molecule has 6 nitrogen and oxygen atoms in total. The molecule has 4 aromatic rings. The smallest absolute Gasteiger partial charge is 0.416 e. The van der Waals surface area contributed by atoms with Crippen LogP contribution < -0.4 is 15.8 Å². The van der Waals surface area contributed by atoms with Gasteiger partial charge in [0.1, 0.15) is 35.2 Å². The minimum Gasteiger partial charge on any atom is -0.489 e. The third kappa shape index (κ3) is 4.23. The molecule has 3 heterocycles. The lowest BCUT2D eigenvalue weighted by molar-refractivity contribution is -0.137. The third-order valence-electron chi connectivity index (χ3n) is 5.80. The molecule has 3 N–H and O–H groups in total. The molecule has 2 aromatic carbocycles. The van der Waals surface area contributed by atoms with Crippen LogP contribution in [0.4, 0.5) is 19.0 Å². The molecule has 0 amide bonds. The fourth-order valence-electron chi connectivity index (χ4n) is 4.10. The Hall–Kier alpha value is -3.59. The summed E-state index contributed by atoms with van der Waals surface area (Å²) in [5.41, 5.74) is 8.56. The summed E-state index contributed by atoms with van der Waals surface area (Å²) < 4.78 is 45.9. The predicted octanol–water partition coefficient (Wildman–Crippen LogP) is 5.00. The number of nitrogens with zero attached hydrogens (tertiary/aromatic N) is 3. The van der Waals surface area contributed by atoms with Gasteiger partial charge in [-0.3, -0.25) is 4.40 Å². The Labute approximate surface area is 188 Å². The van der Waals surface area contributed by atoms with Crippen molar-refractivity contribution in [3.63, 3.8) is 0 Å². The van der Waals surface area contributed by atoms with Crippen molar-refractivity contribution in [2.45, 2.75) is 31.7 Å². The van der Waals surface area contributed by atoms with Crippen molar-refractivity contribution in [1.82, 2.24) is 19.7 Å². The Morgan fingerprint density at radius 2 is 1.85 bits per heavy atom. The number of imidazole rings is 1. The molecule has 1 fully saturated rings. The van der Waals surface area contributed by atoms with E-state index in [0.29, 0.717) is 17.1 Å². The van der Waals surface area contributed by atoms with E-state index in [1.165, 1.54) is 12.1 Å². The summed E-state index contributed by atoms with van der Waals surface area (Å²) in [4.78, 5) is 9.14. The molecule has 0 bridgehead atoms. The van der Waals surface area contributed by atoms with Gasteiger partial charge in [0.25, 0.3) is 0 Å². The highest BCUT2D eigenvalue weighted by molar-refractivity contribution is 5.85. The summed E-state index contributed by atoms with van der Waals surface area (Å²) >= 11 is 0. The maximum atomic E-state index is 12.7. The topological polar surface area (TPSA) is 77.5 Å². The number of halogens is 3. The molecule has 0 radical (unpaired) electrons. The molecule has 9 heteroatoms. The summed E-state index contributed by atoms with van der Waals surface area (Å²) in [6, 6.07) is 12.5. The lowest BCUT2D eigenvalue weighted by atomic mass is 10.1. The molecule has 1 unspecified atom stereocenters. The third-order valence-corrected chi connectivity index (χ3v) is 5.80.